The molecule has 0 saturated heterocycles. The van der Waals surface area contributed by atoms with E-state index in [4.69, 9.17) is 16.2 Å². The number of esters is 1. The van der Waals surface area contributed by atoms with Crippen LogP contribution in [0.5, 0.6) is 0 Å². The lowest BCUT2D eigenvalue weighted by Gasteiger charge is -2.11. The third kappa shape index (κ3) is 6.13. The molecule has 4 N–H and O–H groups in total. The van der Waals surface area contributed by atoms with Gasteiger partial charge in [-0.1, -0.05) is 30.3 Å². The van der Waals surface area contributed by atoms with Crippen LogP contribution in [0, 0.1) is 0 Å². The lowest BCUT2D eigenvalue weighted by Crippen LogP contribution is -2.32. The molecule has 1 radical (unpaired) electrons. The zero-order chi connectivity index (χ0) is 14.1. The van der Waals surface area contributed by atoms with Crippen LogP contribution in [0.3, 0.4) is 0 Å². The molecule has 1 aromatic rings. The van der Waals surface area contributed by atoms with Crippen molar-refractivity contribution in [1.29, 1.82) is 0 Å². The molecule has 0 saturated carbocycles. The molecule has 0 amide bonds. The van der Waals surface area contributed by atoms with Gasteiger partial charge in [0.15, 0.2) is 0 Å². The van der Waals surface area contributed by atoms with Crippen LogP contribution >= 0.6 is 0 Å². The van der Waals surface area contributed by atoms with Gasteiger partial charge in [-0.2, -0.15) is 0 Å². The van der Waals surface area contributed by atoms with Gasteiger partial charge in [-0.25, -0.2) is 0 Å². The number of hydrogen-bond acceptors (Lipinski definition) is 5. The van der Waals surface area contributed by atoms with Crippen LogP contribution in [0.25, 0.3) is 0 Å². The Bertz CT molecular complexity index is 395. The fourth-order valence-corrected chi connectivity index (χ4v) is 1.57. The molecule has 1 unspecified atom stereocenters. The van der Waals surface area contributed by atoms with Crippen LogP contribution < -0.4 is 11.5 Å². The summed E-state index contributed by atoms with van der Waals surface area (Å²) < 4.78 is 5.10. The van der Waals surface area contributed by atoms with Crippen LogP contribution in [0.4, 0.5) is 0 Å². The molecule has 0 aliphatic rings. The maximum Gasteiger partial charge on any atom is 0.323 e. The molecular formula is C14H19N2O3. The molecule has 0 heterocycles. The first-order valence-corrected chi connectivity index (χ1v) is 6.23. The first kappa shape index (κ1) is 15.3. The van der Waals surface area contributed by atoms with Gasteiger partial charge in [-0.3, -0.25) is 9.59 Å². The molecule has 5 nitrogen and oxygen atoms in total. The van der Waals surface area contributed by atoms with E-state index in [9.17, 15) is 9.59 Å². The molecule has 19 heavy (non-hydrogen) atoms. The summed E-state index contributed by atoms with van der Waals surface area (Å²) in [4.78, 5) is 21.8. The van der Waals surface area contributed by atoms with Gasteiger partial charge in [0.05, 0.1) is 6.04 Å². The highest BCUT2D eigenvalue weighted by atomic mass is 16.5. The van der Waals surface area contributed by atoms with E-state index >= 15 is 0 Å². The average Bonchev–Trinajstić information content (AvgIpc) is 2.45. The van der Waals surface area contributed by atoms with Crippen molar-refractivity contribution in [2.24, 2.45) is 11.5 Å². The molecule has 103 valence electrons. The minimum atomic E-state index is -0.678. The van der Waals surface area contributed by atoms with Gasteiger partial charge in [0.25, 0.3) is 0 Å². The van der Waals surface area contributed by atoms with E-state index < -0.39 is 18.1 Å². The van der Waals surface area contributed by atoms with Crippen molar-refractivity contribution in [2.45, 2.75) is 38.0 Å². The molecular weight excluding hydrogens is 244 g/mol. The maximum atomic E-state index is 11.6. The van der Waals surface area contributed by atoms with Gasteiger partial charge in [0.1, 0.15) is 12.6 Å². The van der Waals surface area contributed by atoms with Gasteiger partial charge >= 0.3 is 5.97 Å². The standard InChI is InChI=1S/C14H19N2O3/c15-12(9-17)7-4-8-13(16)14(18)19-10-11-5-2-1-3-6-11/h1-3,5-6,12-13H,4,7-8,10,15-16H2/t12-,13?/m0/s1. The Morgan fingerprint density at radius 2 is 1.89 bits per heavy atom. The Kier molecular flexibility index (Phi) is 6.78. The highest BCUT2D eigenvalue weighted by Gasteiger charge is 2.15. The molecule has 0 fully saturated rings. The van der Waals surface area contributed by atoms with E-state index in [1.54, 1.807) is 6.29 Å². The number of ether oxygens (including phenoxy) is 1. The fourth-order valence-electron chi connectivity index (χ4n) is 1.57. The Morgan fingerprint density at radius 3 is 2.53 bits per heavy atom. The maximum absolute atomic E-state index is 11.6. The van der Waals surface area contributed by atoms with Gasteiger partial charge in [-0.05, 0) is 24.8 Å². The van der Waals surface area contributed by atoms with Crippen molar-refractivity contribution >= 4 is 12.3 Å². The molecule has 0 aliphatic carbocycles. The Balaban J connectivity index is 2.23. The van der Waals surface area contributed by atoms with Crippen molar-refractivity contribution in [1.82, 2.24) is 0 Å². The molecule has 0 bridgehead atoms. The smallest absolute Gasteiger partial charge is 0.323 e. The van der Waals surface area contributed by atoms with E-state index in [-0.39, 0.29) is 6.61 Å². The lowest BCUT2D eigenvalue weighted by atomic mass is 10.1. The second-order valence-corrected chi connectivity index (χ2v) is 4.36. The molecule has 0 aromatic heterocycles. The van der Waals surface area contributed by atoms with Crippen LogP contribution in [0.2, 0.25) is 0 Å². The molecule has 2 atom stereocenters. The number of benzene rings is 1. The highest BCUT2D eigenvalue weighted by Crippen LogP contribution is 2.05. The van der Waals surface area contributed by atoms with Crippen molar-refractivity contribution < 1.29 is 14.3 Å². The first-order chi connectivity index (χ1) is 9.13. The van der Waals surface area contributed by atoms with Crippen LogP contribution in [-0.2, 0) is 20.9 Å². The van der Waals surface area contributed by atoms with Gasteiger partial charge < -0.3 is 16.2 Å². The Morgan fingerprint density at radius 1 is 1.21 bits per heavy atom. The SMILES string of the molecule is NC(CCC[C@H](N)[C]=O)C(=O)OCc1ccccc1. The summed E-state index contributed by atoms with van der Waals surface area (Å²) in [7, 11) is 0. The largest absolute Gasteiger partial charge is 0.460 e. The van der Waals surface area contributed by atoms with E-state index in [0.717, 1.165) is 5.56 Å². The minimum absolute atomic E-state index is 0.217. The summed E-state index contributed by atoms with van der Waals surface area (Å²) >= 11 is 0. The first-order valence-electron chi connectivity index (χ1n) is 6.23. The Labute approximate surface area is 112 Å². The van der Waals surface area contributed by atoms with Crippen LogP contribution in [-0.4, -0.2) is 24.3 Å². The highest BCUT2D eigenvalue weighted by molar-refractivity contribution is 5.75. The Hall–Kier alpha value is -1.72. The normalized spacial score (nSPS) is 13.6. The predicted octanol–water partition coefficient (Wildman–Crippen LogP) is 0.664. The summed E-state index contributed by atoms with van der Waals surface area (Å²) in [6.45, 7) is 0.217. The van der Waals surface area contributed by atoms with Gasteiger partial charge in [0, 0.05) is 0 Å². The van der Waals surface area contributed by atoms with Crippen molar-refractivity contribution in [3.63, 3.8) is 0 Å². The lowest BCUT2D eigenvalue weighted by molar-refractivity contribution is -0.146. The average molecular weight is 263 g/mol. The zero-order valence-electron chi connectivity index (χ0n) is 10.7. The predicted molar refractivity (Wildman–Crippen MR) is 71.7 cm³/mol. The summed E-state index contributed by atoms with van der Waals surface area (Å²) in [6, 6.07) is 8.11. The summed E-state index contributed by atoms with van der Waals surface area (Å²) in [5.74, 6) is -0.437. The second-order valence-electron chi connectivity index (χ2n) is 4.36. The number of nitrogens with two attached hydrogens (primary N) is 2. The van der Waals surface area contributed by atoms with Crippen LogP contribution in [0.15, 0.2) is 30.3 Å². The van der Waals surface area contributed by atoms with E-state index in [1.165, 1.54) is 0 Å². The van der Waals surface area contributed by atoms with Crippen LogP contribution in [0.1, 0.15) is 24.8 Å². The summed E-state index contributed by atoms with van der Waals surface area (Å²) in [5, 5.41) is 0. The van der Waals surface area contributed by atoms with Crippen molar-refractivity contribution in [3.8, 4) is 0 Å². The molecule has 0 aliphatic heterocycles. The summed E-state index contributed by atoms with van der Waals surface area (Å²) in [6.07, 6.45) is 3.20. The monoisotopic (exact) mass is 263 g/mol. The third-order valence-corrected chi connectivity index (χ3v) is 2.71. The quantitative estimate of drug-likeness (QED) is 0.672. The van der Waals surface area contributed by atoms with Gasteiger partial charge in [-0.15, -0.1) is 0 Å². The van der Waals surface area contributed by atoms with Crippen molar-refractivity contribution in [3.05, 3.63) is 35.9 Å². The fraction of sp³-hybridized carbons (Fsp3) is 0.429. The second kappa shape index (κ2) is 8.39. The number of rotatable bonds is 8. The van der Waals surface area contributed by atoms with E-state index in [0.29, 0.717) is 19.3 Å². The minimum Gasteiger partial charge on any atom is -0.460 e. The molecule has 1 rings (SSSR count). The van der Waals surface area contributed by atoms with Gasteiger partial charge in [0.2, 0.25) is 6.29 Å². The van der Waals surface area contributed by atoms with E-state index in [1.807, 2.05) is 30.3 Å². The topological polar surface area (TPSA) is 95.4 Å². The number of hydrogen-bond donors (Lipinski definition) is 2. The third-order valence-electron chi connectivity index (χ3n) is 2.71. The number of carbonyl (C=O) groups excluding carboxylic acids is 2. The zero-order valence-corrected chi connectivity index (χ0v) is 10.7. The molecule has 0 spiro atoms. The molecule has 5 heteroatoms. The molecule has 1 aromatic carbocycles. The summed E-state index contributed by atoms with van der Waals surface area (Å²) in [5.41, 5.74) is 12.0. The van der Waals surface area contributed by atoms with Crippen molar-refractivity contribution in [2.75, 3.05) is 0 Å². The van der Waals surface area contributed by atoms with E-state index in [2.05, 4.69) is 0 Å². The number of carbonyl (C=O) groups is 1.